The fourth-order valence-electron chi connectivity index (χ4n) is 8.02. The van der Waals surface area contributed by atoms with E-state index in [0.29, 0.717) is 42.6 Å². The van der Waals surface area contributed by atoms with Crippen molar-refractivity contribution in [3.8, 4) is 17.2 Å². The average Bonchev–Trinajstić information content (AvgIpc) is 3.28. The first-order chi connectivity index (χ1) is 30.4. The lowest BCUT2D eigenvalue weighted by atomic mass is 9.99. The molecular formula is C51H93NO10. The van der Waals surface area contributed by atoms with Crippen molar-refractivity contribution in [2.45, 2.75) is 244 Å². The number of carbonyl (C=O) groups is 1. The minimum Gasteiger partial charge on any atom is -0.490 e. The van der Waals surface area contributed by atoms with Gasteiger partial charge >= 0.3 is 0 Å². The highest BCUT2D eigenvalue weighted by Gasteiger charge is 2.44. The van der Waals surface area contributed by atoms with E-state index in [1.807, 2.05) is 0 Å². The lowest BCUT2D eigenvalue weighted by Gasteiger charge is -2.39. The highest BCUT2D eigenvalue weighted by molar-refractivity contribution is 5.95. The lowest BCUT2D eigenvalue weighted by molar-refractivity contribution is -0.300. The maximum absolute atomic E-state index is 13.6. The van der Waals surface area contributed by atoms with Crippen molar-refractivity contribution in [2.24, 2.45) is 0 Å². The van der Waals surface area contributed by atoms with E-state index in [0.717, 1.165) is 38.5 Å². The fraction of sp³-hybridized carbons (Fsp3) is 0.863. The number of hydrogen-bond donors (Lipinski definition) is 5. The Morgan fingerprint density at radius 2 is 0.887 bits per heavy atom. The molecule has 1 amide bonds. The summed E-state index contributed by atoms with van der Waals surface area (Å²) < 4.78 is 30.4. The van der Waals surface area contributed by atoms with Gasteiger partial charge in [-0.2, -0.15) is 0 Å². The van der Waals surface area contributed by atoms with Crippen molar-refractivity contribution in [3.05, 3.63) is 17.7 Å². The number of nitrogens with one attached hydrogen (secondary N) is 1. The summed E-state index contributed by atoms with van der Waals surface area (Å²) in [6.07, 6.45) is 30.1. The smallest absolute Gasteiger partial charge is 0.251 e. The van der Waals surface area contributed by atoms with E-state index in [9.17, 15) is 25.2 Å². The zero-order valence-electron chi connectivity index (χ0n) is 39.7. The summed E-state index contributed by atoms with van der Waals surface area (Å²) in [7, 11) is 0. The van der Waals surface area contributed by atoms with Crippen molar-refractivity contribution in [2.75, 3.05) is 39.6 Å². The van der Waals surface area contributed by atoms with Crippen LogP contribution in [0, 0.1) is 0 Å². The molecule has 0 bridgehead atoms. The van der Waals surface area contributed by atoms with Crippen LogP contribution in [0.3, 0.4) is 0 Å². The second kappa shape index (κ2) is 38.2. The van der Waals surface area contributed by atoms with Gasteiger partial charge in [-0.25, -0.2) is 0 Å². The normalized spacial score (nSPS) is 18.9. The van der Waals surface area contributed by atoms with Crippen molar-refractivity contribution >= 4 is 5.91 Å². The summed E-state index contributed by atoms with van der Waals surface area (Å²) in [5, 5.41) is 42.9. The van der Waals surface area contributed by atoms with Gasteiger partial charge in [-0.3, -0.25) is 4.79 Å². The molecule has 362 valence electrons. The van der Waals surface area contributed by atoms with Gasteiger partial charge < -0.3 is 49.4 Å². The molecule has 0 spiro atoms. The Bertz CT molecular complexity index is 1150. The van der Waals surface area contributed by atoms with Gasteiger partial charge in [0, 0.05) is 12.1 Å². The lowest BCUT2D eigenvalue weighted by Crippen LogP contribution is -2.59. The standard InChI is InChI=1S/C51H93NO10/c1-4-7-10-13-16-19-22-25-28-31-35-58-43-39-42(50(57)52-34-38-61-51-48(56)47(55)46(54)45(41-53)62-51)40-44(59-36-32-29-26-23-20-17-14-11-8-5-2)49(43)60-37-33-30-27-24-21-18-15-12-9-6-3/h39-40,45-48,51,53-56H,4-38,41H2,1-3H3,(H,52,57)/t45-,46-,47+,48-,51-/m1/s1. The number of ether oxygens (including phenoxy) is 5. The first-order valence-electron chi connectivity index (χ1n) is 25.6. The van der Waals surface area contributed by atoms with Gasteiger partial charge in [-0.05, 0) is 31.4 Å². The van der Waals surface area contributed by atoms with E-state index in [2.05, 4.69) is 26.1 Å². The summed E-state index contributed by atoms with van der Waals surface area (Å²) in [5.74, 6) is 1.23. The molecule has 5 atom stereocenters. The van der Waals surface area contributed by atoms with Crippen LogP contribution in [0.5, 0.6) is 17.2 Å². The first-order valence-corrected chi connectivity index (χ1v) is 25.6. The molecule has 0 saturated carbocycles. The monoisotopic (exact) mass is 880 g/mol. The van der Waals surface area contributed by atoms with E-state index in [4.69, 9.17) is 23.7 Å². The molecule has 0 aliphatic carbocycles. The third kappa shape index (κ3) is 25.4. The van der Waals surface area contributed by atoms with Gasteiger partial charge in [-0.15, -0.1) is 0 Å². The van der Waals surface area contributed by atoms with Crippen LogP contribution < -0.4 is 19.5 Å². The minimum absolute atomic E-state index is 0.0430. The van der Waals surface area contributed by atoms with Crippen LogP contribution in [0.2, 0.25) is 0 Å². The number of unbranched alkanes of at least 4 members (excludes halogenated alkanes) is 27. The second-order valence-electron chi connectivity index (χ2n) is 17.7. The molecule has 62 heavy (non-hydrogen) atoms. The molecule has 0 radical (unpaired) electrons. The third-order valence-corrected chi connectivity index (χ3v) is 12.1. The van der Waals surface area contributed by atoms with E-state index in [1.165, 1.54) is 154 Å². The predicted molar refractivity (Wildman–Crippen MR) is 251 cm³/mol. The molecule has 5 N–H and O–H groups in total. The molecule has 1 heterocycles. The average molecular weight is 880 g/mol. The summed E-state index contributed by atoms with van der Waals surface area (Å²) >= 11 is 0. The van der Waals surface area contributed by atoms with E-state index in [-0.39, 0.29) is 19.1 Å². The molecule has 1 aromatic rings. The predicted octanol–water partition coefficient (Wildman–Crippen LogP) is 11.1. The molecule has 0 aromatic heterocycles. The summed E-state index contributed by atoms with van der Waals surface area (Å²) in [4.78, 5) is 13.6. The number of aliphatic hydroxyl groups is 4. The van der Waals surface area contributed by atoms with Gasteiger partial charge in [0.2, 0.25) is 5.75 Å². The molecular weight excluding hydrogens is 787 g/mol. The van der Waals surface area contributed by atoms with Gasteiger partial charge in [-0.1, -0.05) is 194 Å². The molecule has 1 aliphatic heterocycles. The van der Waals surface area contributed by atoms with Gasteiger partial charge in [0.25, 0.3) is 5.91 Å². The van der Waals surface area contributed by atoms with Crippen molar-refractivity contribution in [3.63, 3.8) is 0 Å². The van der Waals surface area contributed by atoms with Crippen LogP contribution in [0.4, 0.5) is 0 Å². The zero-order chi connectivity index (χ0) is 44.9. The highest BCUT2D eigenvalue weighted by Crippen LogP contribution is 2.40. The van der Waals surface area contributed by atoms with E-state index < -0.39 is 37.3 Å². The number of amides is 1. The minimum atomic E-state index is -1.54. The molecule has 11 heteroatoms. The van der Waals surface area contributed by atoms with Crippen LogP contribution in [-0.2, 0) is 9.47 Å². The Kier molecular flexibility index (Phi) is 34.4. The van der Waals surface area contributed by atoms with E-state index >= 15 is 0 Å². The third-order valence-electron chi connectivity index (χ3n) is 12.1. The summed E-state index contributed by atoms with van der Waals surface area (Å²) in [5.41, 5.74) is 0.375. The molecule has 0 unspecified atom stereocenters. The van der Waals surface area contributed by atoms with Crippen molar-refractivity contribution in [1.29, 1.82) is 0 Å². The number of benzene rings is 1. The van der Waals surface area contributed by atoms with Crippen LogP contribution >= 0.6 is 0 Å². The number of carbonyl (C=O) groups excluding carboxylic acids is 1. The summed E-state index contributed by atoms with van der Waals surface area (Å²) in [6.45, 7) is 7.82. The molecule has 1 saturated heterocycles. The maximum atomic E-state index is 13.6. The molecule has 11 nitrogen and oxygen atoms in total. The quantitative estimate of drug-likeness (QED) is 0.0401. The van der Waals surface area contributed by atoms with Crippen LogP contribution in [0.25, 0.3) is 0 Å². The SMILES string of the molecule is CCCCCCCCCCCCOc1cc(C(=O)NCCO[C@@H]2O[C@H](CO)[C@@H](O)[C@H](O)[C@H]2O)cc(OCCCCCCCCCCCC)c1OCCCCCCCCCCCC. The maximum Gasteiger partial charge on any atom is 0.251 e. The molecule has 1 aliphatic rings. The van der Waals surface area contributed by atoms with Gasteiger partial charge in [0.1, 0.15) is 24.4 Å². The van der Waals surface area contributed by atoms with Crippen LogP contribution in [0.15, 0.2) is 12.1 Å². The Morgan fingerprint density at radius 1 is 0.516 bits per heavy atom. The van der Waals surface area contributed by atoms with Crippen LogP contribution in [-0.4, -0.2) is 96.6 Å². The Balaban J connectivity index is 2.08. The van der Waals surface area contributed by atoms with E-state index in [1.54, 1.807) is 12.1 Å². The molecule has 1 aromatic carbocycles. The fourth-order valence-corrected chi connectivity index (χ4v) is 8.02. The first kappa shape index (κ1) is 56.0. The van der Waals surface area contributed by atoms with Gasteiger partial charge in [0.15, 0.2) is 17.8 Å². The topological polar surface area (TPSA) is 156 Å². The number of aliphatic hydroxyl groups excluding tert-OH is 4. The van der Waals surface area contributed by atoms with Crippen LogP contribution in [0.1, 0.15) is 224 Å². The highest BCUT2D eigenvalue weighted by atomic mass is 16.7. The second-order valence-corrected chi connectivity index (χ2v) is 17.7. The van der Waals surface area contributed by atoms with Crippen molar-refractivity contribution < 1.29 is 48.9 Å². The van der Waals surface area contributed by atoms with Gasteiger partial charge in [0.05, 0.1) is 33.0 Å². The molecule has 2 rings (SSSR count). The number of hydrogen-bond acceptors (Lipinski definition) is 10. The Morgan fingerprint density at radius 3 is 1.27 bits per heavy atom. The Labute approximate surface area is 377 Å². The Hall–Kier alpha value is -2.15. The number of rotatable bonds is 42. The summed E-state index contributed by atoms with van der Waals surface area (Å²) in [6, 6.07) is 3.48. The van der Waals surface area contributed by atoms with Crippen molar-refractivity contribution in [1.82, 2.24) is 5.32 Å². The largest absolute Gasteiger partial charge is 0.490 e. The molecule has 1 fully saturated rings. The zero-order valence-corrected chi connectivity index (χ0v) is 39.7.